The summed E-state index contributed by atoms with van der Waals surface area (Å²) in [5.74, 6) is 0.256. The molecule has 34 heavy (non-hydrogen) atoms. The van der Waals surface area contributed by atoms with Crippen LogP contribution in [0.4, 0.5) is 10.2 Å². The van der Waals surface area contributed by atoms with Crippen LogP contribution in [0.5, 0.6) is 11.6 Å². The molecule has 5 rings (SSSR count). The standard InChI is InChI=1S/C26H30FN5O2/c1-25-7-8-26(2,15-25)13-18(12-25)32(3)22-6-5-20(29-30-22)24-19(27)9-16(10-21(24)33)17-11-23(34-4)31-28-14-17/h5-6,9-11,14,18,33H,7-8,12-13,15H2,1-4H3/t18-,25-,26+. The Morgan fingerprint density at radius 2 is 1.76 bits per heavy atom. The van der Waals surface area contributed by atoms with Crippen molar-refractivity contribution in [2.75, 3.05) is 19.1 Å². The Morgan fingerprint density at radius 1 is 1.03 bits per heavy atom. The first-order valence-corrected chi connectivity index (χ1v) is 11.7. The lowest BCUT2D eigenvalue weighted by Crippen LogP contribution is -2.42. The number of hydrogen-bond acceptors (Lipinski definition) is 7. The number of halogens is 1. The largest absolute Gasteiger partial charge is 0.507 e. The van der Waals surface area contributed by atoms with Gasteiger partial charge in [-0.05, 0) is 72.8 Å². The summed E-state index contributed by atoms with van der Waals surface area (Å²) in [4.78, 5) is 2.21. The zero-order valence-corrected chi connectivity index (χ0v) is 20.0. The molecule has 0 saturated heterocycles. The summed E-state index contributed by atoms with van der Waals surface area (Å²) in [7, 11) is 3.55. The number of methoxy groups -OCH3 is 1. The minimum absolute atomic E-state index is 0.0233. The number of rotatable bonds is 5. The van der Waals surface area contributed by atoms with Crippen LogP contribution < -0.4 is 9.64 Å². The topological polar surface area (TPSA) is 84.3 Å². The van der Waals surface area contributed by atoms with E-state index in [-0.39, 0.29) is 17.0 Å². The van der Waals surface area contributed by atoms with Crippen LogP contribution in [0.1, 0.15) is 46.0 Å². The van der Waals surface area contributed by atoms with Gasteiger partial charge < -0.3 is 14.7 Å². The fourth-order valence-corrected chi connectivity index (χ4v) is 6.09. The molecule has 2 aliphatic carbocycles. The second-order valence-corrected chi connectivity index (χ2v) is 10.6. The fourth-order valence-electron chi connectivity index (χ4n) is 6.09. The molecule has 0 aliphatic heterocycles. The molecule has 2 heterocycles. The number of aromatic hydroxyl groups is 1. The Bertz CT molecular complexity index is 1180. The van der Waals surface area contributed by atoms with Crippen molar-refractivity contribution in [3.8, 4) is 34.0 Å². The number of phenols is 1. The molecule has 2 fully saturated rings. The van der Waals surface area contributed by atoms with Crippen LogP contribution in [-0.4, -0.2) is 45.7 Å². The molecule has 178 valence electrons. The number of benzene rings is 1. The molecule has 7 nitrogen and oxygen atoms in total. The van der Waals surface area contributed by atoms with Crippen LogP contribution in [0.15, 0.2) is 36.5 Å². The summed E-state index contributed by atoms with van der Waals surface area (Å²) in [6.07, 6.45) is 7.65. The first-order valence-electron chi connectivity index (χ1n) is 11.7. The lowest BCUT2D eigenvalue weighted by molar-refractivity contribution is 0.148. The van der Waals surface area contributed by atoms with Gasteiger partial charge in [0, 0.05) is 24.7 Å². The number of hydrogen-bond donors (Lipinski definition) is 1. The van der Waals surface area contributed by atoms with Gasteiger partial charge >= 0.3 is 0 Å². The fraction of sp³-hybridized carbons (Fsp3) is 0.462. The van der Waals surface area contributed by atoms with Crippen LogP contribution in [-0.2, 0) is 0 Å². The highest BCUT2D eigenvalue weighted by Gasteiger charge is 2.50. The quantitative estimate of drug-likeness (QED) is 0.553. The maximum atomic E-state index is 15.1. The maximum absolute atomic E-state index is 15.1. The first-order chi connectivity index (χ1) is 16.2. The summed E-state index contributed by atoms with van der Waals surface area (Å²) in [5.41, 5.74) is 2.14. The molecule has 3 aromatic rings. The summed E-state index contributed by atoms with van der Waals surface area (Å²) in [5, 5.41) is 27.0. The molecule has 0 radical (unpaired) electrons. The number of phenolic OH excluding ortho intramolecular Hbond substituents is 1. The minimum atomic E-state index is -0.592. The molecule has 2 saturated carbocycles. The second-order valence-electron chi connectivity index (χ2n) is 10.6. The van der Waals surface area contributed by atoms with Gasteiger partial charge in [-0.3, -0.25) is 0 Å². The molecule has 1 N–H and O–H groups in total. The number of aromatic nitrogens is 4. The smallest absolute Gasteiger partial charge is 0.233 e. The van der Waals surface area contributed by atoms with Gasteiger partial charge in [0.05, 0.1) is 24.6 Å². The Morgan fingerprint density at radius 3 is 2.38 bits per heavy atom. The third kappa shape index (κ3) is 4.06. The first kappa shape index (κ1) is 22.5. The van der Waals surface area contributed by atoms with Gasteiger partial charge in [0.1, 0.15) is 11.6 Å². The minimum Gasteiger partial charge on any atom is -0.507 e. The molecule has 1 aromatic carbocycles. The van der Waals surface area contributed by atoms with E-state index in [1.54, 1.807) is 12.1 Å². The number of fused-ring (bicyclic) bond motifs is 2. The van der Waals surface area contributed by atoms with Crippen molar-refractivity contribution >= 4 is 5.82 Å². The number of ether oxygens (including phenoxy) is 1. The summed E-state index contributed by atoms with van der Waals surface area (Å²) < 4.78 is 20.2. The Kier molecular flexibility index (Phi) is 5.41. The molecular formula is C26H30FN5O2. The van der Waals surface area contributed by atoms with E-state index in [4.69, 9.17) is 4.74 Å². The van der Waals surface area contributed by atoms with E-state index < -0.39 is 5.82 Å². The highest BCUT2D eigenvalue weighted by Crippen LogP contribution is 2.58. The van der Waals surface area contributed by atoms with Gasteiger partial charge in [-0.2, -0.15) is 5.10 Å². The van der Waals surface area contributed by atoms with Crippen LogP contribution in [0.2, 0.25) is 0 Å². The highest BCUT2D eigenvalue weighted by atomic mass is 19.1. The summed E-state index contributed by atoms with van der Waals surface area (Å²) >= 11 is 0. The van der Waals surface area contributed by atoms with Gasteiger partial charge in [-0.15, -0.1) is 15.3 Å². The monoisotopic (exact) mass is 463 g/mol. The van der Waals surface area contributed by atoms with E-state index in [9.17, 15) is 5.11 Å². The average molecular weight is 464 g/mol. The highest BCUT2D eigenvalue weighted by molar-refractivity contribution is 5.75. The molecule has 0 amide bonds. The van der Waals surface area contributed by atoms with Crippen molar-refractivity contribution in [3.05, 3.63) is 42.3 Å². The number of nitrogens with zero attached hydrogens (tertiary/aromatic N) is 5. The van der Waals surface area contributed by atoms with Gasteiger partial charge in [0.2, 0.25) is 5.88 Å². The van der Waals surface area contributed by atoms with Gasteiger partial charge in [0.15, 0.2) is 5.82 Å². The molecule has 0 spiro atoms. The van der Waals surface area contributed by atoms with Crippen molar-refractivity contribution in [2.24, 2.45) is 10.8 Å². The second kappa shape index (κ2) is 8.18. The lowest BCUT2D eigenvalue weighted by atomic mass is 9.68. The van der Waals surface area contributed by atoms with E-state index in [0.29, 0.717) is 33.9 Å². The van der Waals surface area contributed by atoms with E-state index in [1.807, 2.05) is 6.07 Å². The third-order valence-corrected chi connectivity index (χ3v) is 7.70. The SMILES string of the molecule is COc1cc(-c2cc(O)c(-c3ccc(N(C)[C@H]4C[C@]5(C)CC[C@](C)(C4)C5)nn3)c(F)c2)cnn1. The normalized spacial score (nSPS) is 25.9. The van der Waals surface area contributed by atoms with Gasteiger partial charge in [0.25, 0.3) is 0 Å². The molecule has 8 heteroatoms. The van der Waals surface area contributed by atoms with Crippen molar-refractivity contribution in [2.45, 2.75) is 52.0 Å². The summed E-state index contributed by atoms with van der Waals surface area (Å²) in [6.45, 7) is 4.81. The van der Waals surface area contributed by atoms with Crippen molar-refractivity contribution < 1.29 is 14.2 Å². The Hall–Kier alpha value is -3.29. The third-order valence-electron chi connectivity index (χ3n) is 7.70. The zero-order chi connectivity index (χ0) is 24.1. The van der Waals surface area contributed by atoms with Crippen molar-refractivity contribution in [1.29, 1.82) is 0 Å². The number of anilines is 1. The van der Waals surface area contributed by atoms with E-state index in [2.05, 4.69) is 46.2 Å². The van der Waals surface area contributed by atoms with Crippen LogP contribution in [0.3, 0.4) is 0 Å². The maximum Gasteiger partial charge on any atom is 0.233 e. The Balaban J connectivity index is 1.39. The molecule has 2 aliphatic rings. The Labute approximate surface area is 199 Å². The van der Waals surface area contributed by atoms with Gasteiger partial charge in [-0.25, -0.2) is 4.39 Å². The van der Waals surface area contributed by atoms with E-state index in [1.165, 1.54) is 44.7 Å². The van der Waals surface area contributed by atoms with Gasteiger partial charge in [-0.1, -0.05) is 13.8 Å². The van der Waals surface area contributed by atoms with E-state index >= 15 is 4.39 Å². The molecule has 0 unspecified atom stereocenters. The van der Waals surface area contributed by atoms with Crippen LogP contribution in [0, 0.1) is 16.6 Å². The molecular weight excluding hydrogens is 433 g/mol. The predicted octanol–water partition coefficient (Wildman–Crippen LogP) is 5.25. The molecule has 2 bridgehead atoms. The lowest BCUT2D eigenvalue weighted by Gasteiger charge is -2.44. The van der Waals surface area contributed by atoms with Crippen LogP contribution in [0.25, 0.3) is 22.4 Å². The van der Waals surface area contributed by atoms with Crippen LogP contribution >= 0.6 is 0 Å². The molecule has 2 aromatic heterocycles. The van der Waals surface area contributed by atoms with E-state index in [0.717, 1.165) is 18.7 Å². The van der Waals surface area contributed by atoms with Crippen molar-refractivity contribution in [1.82, 2.24) is 20.4 Å². The predicted molar refractivity (Wildman–Crippen MR) is 128 cm³/mol. The average Bonchev–Trinajstić information content (AvgIpc) is 3.05. The zero-order valence-electron chi connectivity index (χ0n) is 20.0. The summed E-state index contributed by atoms with van der Waals surface area (Å²) in [6, 6.07) is 8.43. The molecule has 3 atom stereocenters. The van der Waals surface area contributed by atoms with Crippen molar-refractivity contribution in [3.63, 3.8) is 0 Å².